The predicted octanol–water partition coefficient (Wildman–Crippen LogP) is 4.21. The van der Waals surface area contributed by atoms with E-state index in [0.717, 1.165) is 16.7 Å². The molecule has 9 heteroatoms. The molecule has 0 aliphatic carbocycles. The van der Waals surface area contributed by atoms with Crippen molar-refractivity contribution < 1.29 is 17.9 Å². The van der Waals surface area contributed by atoms with Crippen molar-refractivity contribution in [2.24, 2.45) is 0 Å². The van der Waals surface area contributed by atoms with E-state index in [2.05, 4.69) is 14.6 Å². The highest BCUT2D eigenvalue weighted by atomic mass is 35.5. The van der Waals surface area contributed by atoms with Crippen LogP contribution in [0.3, 0.4) is 0 Å². The van der Waals surface area contributed by atoms with Crippen molar-refractivity contribution in [2.75, 3.05) is 19.7 Å². The molecular weight excluding hydrogens is 486 g/mol. The molecule has 0 aliphatic rings. The Morgan fingerprint density at radius 1 is 1.03 bits per heavy atom. The fraction of sp³-hybridized carbons (Fsp3) is 0.308. The Morgan fingerprint density at radius 3 is 2.46 bits per heavy atom. The van der Waals surface area contributed by atoms with Gasteiger partial charge in [-0.3, -0.25) is 14.7 Å². The quantitative estimate of drug-likeness (QED) is 0.343. The summed E-state index contributed by atoms with van der Waals surface area (Å²) >= 11 is 5.88. The predicted molar refractivity (Wildman–Crippen MR) is 136 cm³/mol. The van der Waals surface area contributed by atoms with Crippen LogP contribution in [-0.4, -0.2) is 44.0 Å². The van der Waals surface area contributed by atoms with Gasteiger partial charge in [0.2, 0.25) is 10.0 Å². The van der Waals surface area contributed by atoms with Gasteiger partial charge in [-0.25, -0.2) is 13.1 Å². The molecule has 1 aromatic heterocycles. The number of halogens is 1. The van der Waals surface area contributed by atoms with Crippen molar-refractivity contribution in [3.05, 3.63) is 94.8 Å². The number of esters is 1. The van der Waals surface area contributed by atoms with Gasteiger partial charge in [0, 0.05) is 50.0 Å². The second-order valence-corrected chi connectivity index (χ2v) is 10.2. The molecule has 0 atom stereocenters. The first-order chi connectivity index (χ1) is 16.9. The summed E-state index contributed by atoms with van der Waals surface area (Å²) in [6, 6.07) is 17.9. The summed E-state index contributed by atoms with van der Waals surface area (Å²) in [4.78, 5) is 18.4. The third-order valence-electron chi connectivity index (χ3n) is 5.39. The molecular formula is C26H30ClN3O4S. The molecule has 1 N–H and O–H groups in total. The number of rotatable bonds is 13. The molecule has 0 spiro atoms. The maximum absolute atomic E-state index is 12.7. The van der Waals surface area contributed by atoms with Gasteiger partial charge in [-0.2, -0.15) is 0 Å². The molecule has 0 fully saturated rings. The Kier molecular flexibility index (Phi) is 10.2. The molecule has 0 aliphatic heterocycles. The second-order valence-electron chi connectivity index (χ2n) is 8.00. The minimum absolute atomic E-state index is 0.171. The Balaban J connectivity index is 1.70. The van der Waals surface area contributed by atoms with Gasteiger partial charge in [0.15, 0.2) is 0 Å². The van der Waals surface area contributed by atoms with Crippen LogP contribution < -0.4 is 4.72 Å². The van der Waals surface area contributed by atoms with Gasteiger partial charge < -0.3 is 4.74 Å². The summed E-state index contributed by atoms with van der Waals surface area (Å²) < 4.78 is 33.1. The van der Waals surface area contributed by atoms with Crippen LogP contribution in [0, 0.1) is 0 Å². The monoisotopic (exact) mass is 515 g/mol. The molecule has 7 nitrogen and oxygen atoms in total. The number of aromatic nitrogens is 1. The molecule has 0 radical (unpaired) electrons. The maximum Gasteiger partial charge on any atom is 0.306 e. The Morgan fingerprint density at radius 2 is 1.77 bits per heavy atom. The van der Waals surface area contributed by atoms with Gasteiger partial charge >= 0.3 is 5.97 Å². The number of aryl methyl sites for hydroxylation is 1. The molecule has 35 heavy (non-hydrogen) atoms. The van der Waals surface area contributed by atoms with Crippen molar-refractivity contribution in [2.45, 2.75) is 37.8 Å². The molecule has 0 bridgehead atoms. The van der Waals surface area contributed by atoms with E-state index >= 15 is 0 Å². The average Bonchev–Trinajstić information content (AvgIpc) is 2.84. The zero-order valence-electron chi connectivity index (χ0n) is 19.7. The standard InChI is InChI=1S/C26H30ClN3O4S/c1-2-34-26(31)14-9-22-7-3-4-8-23(22)20-30(19-21-6-5-15-28-18-21)17-16-29-35(32,33)25-12-10-24(27)11-13-25/h3-8,10-13,15,18,29H,2,9,14,16-17,19-20H2,1H3. The van der Waals surface area contributed by atoms with E-state index in [0.29, 0.717) is 44.1 Å². The van der Waals surface area contributed by atoms with Crippen molar-refractivity contribution in [3.63, 3.8) is 0 Å². The number of pyridine rings is 1. The van der Waals surface area contributed by atoms with E-state index in [4.69, 9.17) is 16.3 Å². The number of carbonyl (C=O) groups is 1. The van der Waals surface area contributed by atoms with Crippen LogP contribution in [0.25, 0.3) is 0 Å². The van der Waals surface area contributed by atoms with Crippen LogP contribution in [0.4, 0.5) is 0 Å². The van der Waals surface area contributed by atoms with E-state index < -0.39 is 10.0 Å². The van der Waals surface area contributed by atoms with E-state index in [9.17, 15) is 13.2 Å². The number of ether oxygens (including phenoxy) is 1. The number of carbonyl (C=O) groups excluding carboxylic acids is 1. The maximum atomic E-state index is 12.7. The highest BCUT2D eigenvalue weighted by Gasteiger charge is 2.16. The van der Waals surface area contributed by atoms with Crippen LogP contribution in [0.15, 0.2) is 78.0 Å². The van der Waals surface area contributed by atoms with E-state index in [-0.39, 0.29) is 17.4 Å². The number of nitrogens with one attached hydrogen (secondary N) is 1. The zero-order chi connectivity index (χ0) is 25.1. The lowest BCUT2D eigenvalue weighted by atomic mass is 10.0. The van der Waals surface area contributed by atoms with Gasteiger partial charge in [-0.15, -0.1) is 0 Å². The second kappa shape index (κ2) is 13.3. The molecule has 0 saturated carbocycles. The van der Waals surface area contributed by atoms with Crippen LogP contribution >= 0.6 is 11.6 Å². The van der Waals surface area contributed by atoms with Crippen molar-refractivity contribution >= 4 is 27.6 Å². The van der Waals surface area contributed by atoms with E-state index in [1.807, 2.05) is 36.4 Å². The number of nitrogens with zero attached hydrogens (tertiary/aromatic N) is 2. The summed E-state index contributed by atoms with van der Waals surface area (Å²) in [6.45, 7) is 4.07. The molecule has 3 aromatic rings. The molecule has 3 rings (SSSR count). The minimum atomic E-state index is -3.65. The van der Waals surface area contributed by atoms with Crippen molar-refractivity contribution in [3.8, 4) is 0 Å². The number of hydrogen-bond donors (Lipinski definition) is 1. The van der Waals surface area contributed by atoms with Crippen LogP contribution in [-0.2, 0) is 39.1 Å². The third kappa shape index (κ3) is 8.74. The third-order valence-corrected chi connectivity index (χ3v) is 7.12. The Labute approximate surface area is 212 Å². The van der Waals surface area contributed by atoms with Gasteiger partial charge in [0.1, 0.15) is 0 Å². The number of sulfonamides is 1. The molecule has 0 unspecified atom stereocenters. The molecule has 1 heterocycles. The van der Waals surface area contributed by atoms with Crippen LogP contribution in [0.2, 0.25) is 5.02 Å². The minimum Gasteiger partial charge on any atom is -0.466 e. The lowest BCUT2D eigenvalue weighted by molar-refractivity contribution is -0.143. The summed E-state index contributed by atoms with van der Waals surface area (Å²) in [5.74, 6) is -0.217. The van der Waals surface area contributed by atoms with Gasteiger partial charge in [0.05, 0.1) is 11.5 Å². The van der Waals surface area contributed by atoms with Crippen molar-refractivity contribution in [1.29, 1.82) is 0 Å². The Bertz CT molecular complexity index is 1190. The average molecular weight is 516 g/mol. The summed E-state index contributed by atoms with van der Waals surface area (Å²) in [5, 5.41) is 0.480. The molecule has 0 saturated heterocycles. The normalized spacial score (nSPS) is 11.5. The van der Waals surface area contributed by atoms with E-state index in [1.54, 1.807) is 31.5 Å². The highest BCUT2D eigenvalue weighted by Crippen LogP contribution is 2.17. The van der Waals surface area contributed by atoms with E-state index in [1.165, 1.54) is 12.1 Å². The highest BCUT2D eigenvalue weighted by molar-refractivity contribution is 7.89. The lowest BCUT2D eigenvalue weighted by Crippen LogP contribution is -2.34. The fourth-order valence-electron chi connectivity index (χ4n) is 3.67. The first-order valence-electron chi connectivity index (χ1n) is 11.5. The number of hydrogen-bond acceptors (Lipinski definition) is 6. The summed E-state index contributed by atoms with van der Waals surface area (Å²) in [5.41, 5.74) is 3.18. The smallest absolute Gasteiger partial charge is 0.306 e. The lowest BCUT2D eigenvalue weighted by Gasteiger charge is -2.24. The first-order valence-corrected chi connectivity index (χ1v) is 13.3. The summed E-state index contributed by atoms with van der Waals surface area (Å²) in [6.07, 6.45) is 4.42. The van der Waals surface area contributed by atoms with Gasteiger partial charge in [0.25, 0.3) is 0 Å². The van der Waals surface area contributed by atoms with Gasteiger partial charge in [-0.1, -0.05) is 41.9 Å². The first kappa shape index (κ1) is 26.8. The Hall–Kier alpha value is -2.78. The topological polar surface area (TPSA) is 88.6 Å². The summed E-state index contributed by atoms with van der Waals surface area (Å²) in [7, 11) is -3.65. The van der Waals surface area contributed by atoms with Crippen molar-refractivity contribution in [1.82, 2.24) is 14.6 Å². The largest absolute Gasteiger partial charge is 0.466 e. The SMILES string of the molecule is CCOC(=O)CCc1ccccc1CN(CCNS(=O)(=O)c1ccc(Cl)cc1)Cc1cccnc1. The van der Waals surface area contributed by atoms with Gasteiger partial charge in [-0.05, 0) is 60.4 Å². The number of benzene rings is 2. The molecule has 0 amide bonds. The zero-order valence-corrected chi connectivity index (χ0v) is 21.3. The van der Waals surface area contributed by atoms with Crippen LogP contribution in [0.1, 0.15) is 30.0 Å². The molecule has 186 valence electrons. The van der Waals surface area contributed by atoms with Crippen LogP contribution in [0.5, 0.6) is 0 Å². The molecule has 2 aromatic carbocycles. The fourth-order valence-corrected chi connectivity index (χ4v) is 4.81.